The van der Waals surface area contributed by atoms with Crippen LogP contribution in [0.2, 0.25) is 0 Å². The molecule has 1 unspecified atom stereocenters. The van der Waals surface area contributed by atoms with Gasteiger partial charge in [0.1, 0.15) is 0 Å². The van der Waals surface area contributed by atoms with E-state index in [4.69, 9.17) is 0 Å². The van der Waals surface area contributed by atoms with Gasteiger partial charge in [-0.3, -0.25) is 4.79 Å². The minimum Gasteiger partial charge on any atom is -0.388 e. The molecule has 0 aliphatic carbocycles. The number of hydrogen-bond acceptors (Lipinski definition) is 2. The van der Waals surface area contributed by atoms with E-state index in [2.05, 4.69) is 11.9 Å². The molecule has 2 aromatic rings. The van der Waals surface area contributed by atoms with E-state index in [0.717, 1.165) is 16.6 Å². The highest BCUT2D eigenvalue weighted by molar-refractivity contribution is 5.99. The first-order chi connectivity index (χ1) is 9.37. The average molecular weight is 272 g/mol. The highest BCUT2D eigenvalue weighted by Gasteiger charge is 2.34. The van der Waals surface area contributed by atoms with Crippen molar-refractivity contribution >= 4 is 16.8 Å². The van der Waals surface area contributed by atoms with Crippen LogP contribution in [0.3, 0.4) is 0 Å². The van der Waals surface area contributed by atoms with Crippen LogP contribution in [0, 0.1) is 13.8 Å². The molecule has 0 spiro atoms. The van der Waals surface area contributed by atoms with Crippen molar-refractivity contribution < 1.29 is 9.90 Å². The number of nitrogens with zero attached hydrogens (tertiary/aromatic N) is 1. The molecule has 1 aromatic heterocycles. The van der Waals surface area contributed by atoms with Crippen molar-refractivity contribution in [2.45, 2.75) is 32.8 Å². The van der Waals surface area contributed by atoms with Gasteiger partial charge in [-0.05, 0) is 51.0 Å². The van der Waals surface area contributed by atoms with Gasteiger partial charge < -0.3 is 15.0 Å². The number of nitrogens with one attached hydrogen (secondary N) is 1. The van der Waals surface area contributed by atoms with Crippen molar-refractivity contribution in [1.82, 2.24) is 9.88 Å². The van der Waals surface area contributed by atoms with E-state index < -0.39 is 5.60 Å². The molecular weight excluding hydrogens is 252 g/mol. The zero-order valence-electron chi connectivity index (χ0n) is 12.2. The summed E-state index contributed by atoms with van der Waals surface area (Å²) in [5, 5.41) is 11.1. The molecule has 2 N–H and O–H groups in total. The Balaban J connectivity index is 1.94. The molecule has 4 heteroatoms. The van der Waals surface area contributed by atoms with Gasteiger partial charge in [-0.15, -0.1) is 0 Å². The Labute approximate surface area is 118 Å². The van der Waals surface area contributed by atoms with Crippen LogP contribution in [0.5, 0.6) is 0 Å². The van der Waals surface area contributed by atoms with Gasteiger partial charge in [0.25, 0.3) is 5.91 Å². The number of carbonyl (C=O) groups excluding carboxylic acids is 1. The van der Waals surface area contributed by atoms with Gasteiger partial charge in [0, 0.05) is 35.2 Å². The summed E-state index contributed by atoms with van der Waals surface area (Å²) in [6, 6.07) is 5.76. The molecule has 3 rings (SSSR count). The number of aryl methyl sites for hydroxylation is 2. The third-order valence-corrected chi connectivity index (χ3v) is 4.29. The Kier molecular flexibility index (Phi) is 2.87. The van der Waals surface area contributed by atoms with Crippen LogP contribution in [-0.2, 0) is 0 Å². The molecule has 0 radical (unpaired) electrons. The molecule has 1 aromatic carbocycles. The van der Waals surface area contributed by atoms with E-state index in [1.165, 1.54) is 5.56 Å². The molecule has 1 atom stereocenters. The SMILES string of the molecule is Cc1[nH]c2ccc(C(=O)N3CCC(C)(O)C3)cc2c1C. The minimum atomic E-state index is -0.750. The lowest BCUT2D eigenvalue weighted by atomic mass is 10.1. The van der Waals surface area contributed by atoms with Crippen LogP contribution < -0.4 is 0 Å². The molecule has 2 heterocycles. The fraction of sp³-hybridized carbons (Fsp3) is 0.438. The molecule has 0 bridgehead atoms. The molecular formula is C16H20N2O2. The number of aromatic nitrogens is 1. The van der Waals surface area contributed by atoms with Crippen LogP contribution in [0.4, 0.5) is 0 Å². The first kappa shape index (κ1) is 13.2. The zero-order chi connectivity index (χ0) is 14.5. The number of aromatic amines is 1. The van der Waals surface area contributed by atoms with Crippen molar-refractivity contribution in [3.8, 4) is 0 Å². The van der Waals surface area contributed by atoms with E-state index >= 15 is 0 Å². The third-order valence-electron chi connectivity index (χ3n) is 4.29. The third kappa shape index (κ3) is 2.10. The summed E-state index contributed by atoms with van der Waals surface area (Å²) < 4.78 is 0. The van der Waals surface area contributed by atoms with E-state index in [1.54, 1.807) is 11.8 Å². The molecule has 1 saturated heterocycles. The van der Waals surface area contributed by atoms with Gasteiger partial charge in [0.2, 0.25) is 0 Å². The second-order valence-electron chi connectivity index (χ2n) is 6.11. The molecule has 106 valence electrons. The molecule has 4 nitrogen and oxygen atoms in total. The van der Waals surface area contributed by atoms with E-state index in [9.17, 15) is 9.90 Å². The molecule has 1 amide bonds. The Hall–Kier alpha value is -1.81. The second-order valence-corrected chi connectivity index (χ2v) is 6.11. The maximum atomic E-state index is 12.5. The van der Waals surface area contributed by atoms with E-state index in [-0.39, 0.29) is 5.91 Å². The van der Waals surface area contributed by atoms with Crippen LogP contribution in [-0.4, -0.2) is 39.6 Å². The lowest BCUT2D eigenvalue weighted by Crippen LogP contribution is -2.33. The van der Waals surface area contributed by atoms with Crippen LogP contribution in [0.1, 0.15) is 35.0 Å². The largest absolute Gasteiger partial charge is 0.388 e. The van der Waals surface area contributed by atoms with Crippen molar-refractivity contribution in [3.63, 3.8) is 0 Å². The molecule has 20 heavy (non-hydrogen) atoms. The van der Waals surface area contributed by atoms with Gasteiger partial charge in [0.05, 0.1) is 5.60 Å². The fourth-order valence-electron chi connectivity index (χ4n) is 2.90. The Bertz CT molecular complexity index is 685. The standard InChI is InChI=1S/C16H20N2O2/c1-10-11(2)17-14-5-4-12(8-13(10)14)15(19)18-7-6-16(3,20)9-18/h4-5,8,17,20H,6-7,9H2,1-3H3. The quantitative estimate of drug-likeness (QED) is 0.837. The first-order valence-corrected chi connectivity index (χ1v) is 6.98. The number of β-amino-alcohol motifs (C(OH)–C–C–N with tert-alkyl or cyclic N) is 1. The van der Waals surface area contributed by atoms with Gasteiger partial charge in [-0.2, -0.15) is 0 Å². The number of carbonyl (C=O) groups is 1. The fourth-order valence-corrected chi connectivity index (χ4v) is 2.90. The number of aliphatic hydroxyl groups is 1. The average Bonchev–Trinajstić information content (AvgIpc) is 2.90. The van der Waals surface area contributed by atoms with E-state index in [1.807, 2.05) is 25.1 Å². The van der Waals surface area contributed by atoms with Crippen molar-refractivity contribution in [1.29, 1.82) is 0 Å². The number of hydrogen-bond donors (Lipinski definition) is 2. The number of amides is 1. The van der Waals surface area contributed by atoms with Gasteiger partial charge in [0.15, 0.2) is 0 Å². The molecule has 1 aliphatic rings. The first-order valence-electron chi connectivity index (χ1n) is 6.98. The smallest absolute Gasteiger partial charge is 0.253 e. The lowest BCUT2D eigenvalue weighted by molar-refractivity contribution is 0.0572. The number of rotatable bonds is 1. The molecule has 1 aliphatic heterocycles. The highest BCUT2D eigenvalue weighted by atomic mass is 16.3. The highest BCUT2D eigenvalue weighted by Crippen LogP contribution is 2.25. The van der Waals surface area contributed by atoms with Crippen molar-refractivity contribution in [3.05, 3.63) is 35.0 Å². The minimum absolute atomic E-state index is 0.00271. The summed E-state index contributed by atoms with van der Waals surface area (Å²) >= 11 is 0. The lowest BCUT2D eigenvalue weighted by Gasteiger charge is -2.19. The predicted octanol–water partition coefficient (Wildman–Crippen LogP) is 2.38. The maximum absolute atomic E-state index is 12.5. The van der Waals surface area contributed by atoms with E-state index in [0.29, 0.717) is 25.1 Å². The number of fused-ring (bicyclic) bond motifs is 1. The number of benzene rings is 1. The second kappa shape index (κ2) is 4.35. The summed E-state index contributed by atoms with van der Waals surface area (Å²) in [5.41, 5.74) is 3.32. The van der Waals surface area contributed by atoms with Crippen LogP contribution in [0.15, 0.2) is 18.2 Å². The van der Waals surface area contributed by atoms with Gasteiger partial charge in [-0.25, -0.2) is 0 Å². The topological polar surface area (TPSA) is 56.3 Å². The molecule has 1 fully saturated rings. The Morgan fingerprint density at radius 2 is 2.15 bits per heavy atom. The summed E-state index contributed by atoms with van der Waals surface area (Å²) in [7, 11) is 0. The van der Waals surface area contributed by atoms with Crippen LogP contribution >= 0.6 is 0 Å². The monoisotopic (exact) mass is 272 g/mol. The summed E-state index contributed by atoms with van der Waals surface area (Å²) in [5.74, 6) is 0.00271. The summed E-state index contributed by atoms with van der Waals surface area (Å²) in [6.07, 6.45) is 0.642. The normalized spacial score (nSPS) is 22.7. The maximum Gasteiger partial charge on any atom is 0.253 e. The zero-order valence-corrected chi connectivity index (χ0v) is 12.2. The van der Waals surface area contributed by atoms with Crippen molar-refractivity contribution in [2.75, 3.05) is 13.1 Å². The Morgan fingerprint density at radius 1 is 1.40 bits per heavy atom. The summed E-state index contributed by atoms with van der Waals surface area (Å²) in [4.78, 5) is 17.5. The Morgan fingerprint density at radius 3 is 2.80 bits per heavy atom. The number of likely N-dealkylation sites (tertiary alicyclic amines) is 1. The summed E-state index contributed by atoms with van der Waals surface area (Å²) in [6.45, 7) is 6.91. The predicted molar refractivity (Wildman–Crippen MR) is 78.9 cm³/mol. The molecule has 0 saturated carbocycles. The van der Waals surface area contributed by atoms with Crippen LogP contribution in [0.25, 0.3) is 10.9 Å². The number of H-pyrrole nitrogens is 1. The van der Waals surface area contributed by atoms with Crippen molar-refractivity contribution in [2.24, 2.45) is 0 Å². The van der Waals surface area contributed by atoms with Gasteiger partial charge in [-0.1, -0.05) is 0 Å². The van der Waals surface area contributed by atoms with Gasteiger partial charge >= 0.3 is 0 Å².